The van der Waals surface area contributed by atoms with Gasteiger partial charge in [0.05, 0.1) is 29.9 Å². The van der Waals surface area contributed by atoms with Gasteiger partial charge in [-0.05, 0) is 60.4 Å². The minimum atomic E-state index is -5.28. The predicted molar refractivity (Wildman–Crippen MR) is 158 cm³/mol. The molecule has 1 amide bonds. The van der Waals surface area contributed by atoms with E-state index in [0.29, 0.717) is 9.21 Å². The van der Waals surface area contributed by atoms with E-state index in [2.05, 4.69) is 0 Å². The number of carboxylic acid groups (broad SMARTS) is 1. The molecule has 0 bridgehead atoms. The highest BCUT2D eigenvalue weighted by molar-refractivity contribution is 7.93. The highest BCUT2D eigenvalue weighted by Gasteiger charge is 2.56. The number of hydrogen-bond acceptors (Lipinski definition) is 5. The summed E-state index contributed by atoms with van der Waals surface area (Å²) in [5.41, 5.74) is -0.257. The van der Waals surface area contributed by atoms with Crippen molar-refractivity contribution in [1.82, 2.24) is 4.90 Å². The second-order valence-corrected chi connectivity index (χ2v) is 13.7. The number of hydrogen-bond donors (Lipinski definition) is 1. The monoisotopic (exact) mass is 688 g/mol. The number of aliphatic carboxylic acids is 1. The molecule has 15 heteroatoms. The van der Waals surface area contributed by atoms with Crippen LogP contribution in [-0.2, 0) is 24.3 Å². The minimum absolute atomic E-state index is 0.128. The summed E-state index contributed by atoms with van der Waals surface area (Å²) in [6, 6.07) is 11.5. The summed E-state index contributed by atoms with van der Waals surface area (Å²) in [4.78, 5) is 26.1. The molecule has 3 aromatic rings. The Hall–Kier alpha value is -3.39. The maximum atomic E-state index is 15.3. The molecule has 0 radical (unpaired) electrons. The van der Waals surface area contributed by atoms with Crippen LogP contribution in [0.4, 0.5) is 23.2 Å². The maximum absolute atomic E-state index is 15.3. The van der Waals surface area contributed by atoms with Gasteiger partial charge in [-0.2, -0.15) is 13.2 Å². The van der Waals surface area contributed by atoms with Gasteiger partial charge in [0.25, 0.3) is 5.91 Å². The number of morpholine rings is 1. The number of halogens is 6. The molecule has 240 valence electrons. The molecular weight excluding hydrogens is 663 g/mol. The second-order valence-electron chi connectivity index (χ2n) is 10.7. The van der Waals surface area contributed by atoms with Crippen molar-refractivity contribution in [2.75, 3.05) is 10.8 Å². The van der Waals surface area contributed by atoms with Crippen molar-refractivity contribution in [1.29, 1.82) is 0 Å². The average Bonchev–Trinajstić information content (AvgIpc) is 3.82. The number of rotatable bonds is 10. The van der Waals surface area contributed by atoms with Gasteiger partial charge in [0.15, 0.2) is 0 Å². The number of nitrogens with zero attached hydrogens (tertiary/aromatic N) is 2. The minimum Gasteiger partial charge on any atom is -0.481 e. The van der Waals surface area contributed by atoms with Crippen molar-refractivity contribution in [3.8, 4) is 0 Å². The van der Waals surface area contributed by atoms with Gasteiger partial charge in [0, 0.05) is 10.0 Å². The number of carboxylic acids is 1. The summed E-state index contributed by atoms with van der Waals surface area (Å²) >= 11 is 12.3. The zero-order valence-corrected chi connectivity index (χ0v) is 25.5. The van der Waals surface area contributed by atoms with Crippen LogP contribution in [0.1, 0.15) is 42.5 Å². The molecule has 0 spiro atoms. The van der Waals surface area contributed by atoms with Gasteiger partial charge >= 0.3 is 12.1 Å². The zero-order chi connectivity index (χ0) is 32.7. The fourth-order valence-electron chi connectivity index (χ4n) is 5.39. The summed E-state index contributed by atoms with van der Waals surface area (Å²) < 4.78 is 94.3. The van der Waals surface area contributed by atoms with Crippen LogP contribution in [0.25, 0.3) is 0 Å². The summed E-state index contributed by atoms with van der Waals surface area (Å²) in [6.07, 6.45) is -9.20. The molecule has 1 aliphatic carbocycles. The Kier molecular flexibility index (Phi) is 9.37. The van der Waals surface area contributed by atoms with E-state index in [1.165, 1.54) is 60.7 Å². The van der Waals surface area contributed by atoms with E-state index in [1.807, 2.05) is 0 Å². The summed E-state index contributed by atoms with van der Waals surface area (Å²) in [5, 5.41) is 8.95. The number of carbonyl (C=O) groups is 2. The van der Waals surface area contributed by atoms with Gasteiger partial charge in [-0.25, -0.2) is 12.8 Å². The molecule has 8 nitrogen and oxygen atoms in total. The fraction of sp³-hybridized carbons (Fsp3) is 0.333. The quantitative estimate of drug-likeness (QED) is 0.243. The van der Waals surface area contributed by atoms with Gasteiger partial charge in [-0.3, -0.25) is 13.9 Å². The topological polar surface area (TPSA) is 104 Å². The fourth-order valence-corrected chi connectivity index (χ4v) is 7.57. The number of para-hydroxylation sites is 1. The van der Waals surface area contributed by atoms with Gasteiger partial charge in [-0.1, -0.05) is 59.6 Å². The van der Waals surface area contributed by atoms with Crippen LogP contribution in [0.15, 0.2) is 72.8 Å². The van der Waals surface area contributed by atoms with Crippen LogP contribution < -0.4 is 4.31 Å². The van der Waals surface area contributed by atoms with Crippen LogP contribution in [0.2, 0.25) is 10.0 Å². The van der Waals surface area contributed by atoms with Crippen molar-refractivity contribution in [3.05, 3.63) is 99.8 Å². The first-order valence-corrected chi connectivity index (χ1v) is 16.0. The standard InChI is InChI=1S/C30H26Cl2F4N2O6S/c31-19-10-8-17(9-11-19)27-28(18-4-3-5-20(32)14-18)44-24(15-26(39)40)29(41)38(27)25(30(34,35)36)16-37(45(42,43)21-12-13-21)23-7-2-1-6-22(23)33/h1-11,14,21,24-25,27-28H,12-13,15-16H2,(H,39,40)/t24-,25?,27+,28+/m0/s1. The molecule has 2 aliphatic rings. The number of sulfonamides is 1. The normalized spacial score (nSPS) is 21.4. The summed E-state index contributed by atoms with van der Waals surface area (Å²) in [5.74, 6) is -3.93. The molecule has 2 fully saturated rings. The Labute approximate surface area is 266 Å². The molecule has 1 saturated carbocycles. The molecule has 1 unspecified atom stereocenters. The average molecular weight is 690 g/mol. The Morgan fingerprint density at radius 3 is 2.24 bits per heavy atom. The SMILES string of the molecule is O=C(O)C[C@@H]1O[C@H](c2cccc(Cl)c2)[C@@H](c2ccc(Cl)cc2)N(C(CN(c2ccccc2F)S(=O)(=O)C2CC2)C(F)(F)F)C1=O. The lowest BCUT2D eigenvalue weighted by atomic mass is 9.89. The van der Waals surface area contributed by atoms with Crippen LogP contribution in [0, 0.1) is 5.82 Å². The molecule has 3 aromatic carbocycles. The zero-order valence-electron chi connectivity index (χ0n) is 23.2. The predicted octanol–water partition coefficient (Wildman–Crippen LogP) is 6.55. The summed E-state index contributed by atoms with van der Waals surface area (Å²) in [6.45, 7) is -1.40. The Morgan fingerprint density at radius 1 is 1.00 bits per heavy atom. The number of carbonyl (C=O) groups excluding carboxylic acids is 1. The molecule has 1 heterocycles. The first kappa shape index (κ1) is 33.0. The third-order valence-corrected chi connectivity index (χ3v) is 10.4. The van der Waals surface area contributed by atoms with Crippen LogP contribution >= 0.6 is 23.2 Å². The lowest BCUT2D eigenvalue weighted by Crippen LogP contribution is -2.62. The van der Waals surface area contributed by atoms with Crippen molar-refractivity contribution in [2.24, 2.45) is 0 Å². The smallest absolute Gasteiger partial charge is 0.410 e. The van der Waals surface area contributed by atoms with Crippen LogP contribution in [-0.4, -0.2) is 60.4 Å². The highest BCUT2D eigenvalue weighted by atomic mass is 35.5. The molecular formula is C30H26Cl2F4N2O6S. The third-order valence-electron chi connectivity index (χ3n) is 7.60. The van der Waals surface area contributed by atoms with E-state index >= 15 is 17.6 Å². The number of amides is 1. The Bertz CT molecular complexity index is 1690. The van der Waals surface area contributed by atoms with Gasteiger partial charge in [0.2, 0.25) is 10.0 Å². The molecule has 45 heavy (non-hydrogen) atoms. The van der Waals surface area contributed by atoms with Crippen molar-refractivity contribution >= 4 is 50.8 Å². The highest BCUT2D eigenvalue weighted by Crippen LogP contribution is 2.47. The van der Waals surface area contributed by atoms with Gasteiger partial charge in [0.1, 0.15) is 24.1 Å². The third kappa shape index (κ3) is 7.06. The van der Waals surface area contributed by atoms with Gasteiger partial charge in [-0.15, -0.1) is 0 Å². The Balaban J connectivity index is 1.72. The number of ether oxygens (including phenoxy) is 1. The van der Waals surface area contributed by atoms with Gasteiger partial charge < -0.3 is 14.7 Å². The van der Waals surface area contributed by atoms with E-state index < -0.39 is 82.1 Å². The second kappa shape index (κ2) is 12.8. The molecule has 0 aromatic heterocycles. The first-order chi connectivity index (χ1) is 21.2. The number of anilines is 1. The van der Waals surface area contributed by atoms with E-state index in [-0.39, 0.29) is 34.0 Å². The van der Waals surface area contributed by atoms with Crippen LogP contribution in [0.3, 0.4) is 0 Å². The summed E-state index contributed by atoms with van der Waals surface area (Å²) in [7, 11) is -4.51. The molecule has 1 saturated heterocycles. The van der Waals surface area contributed by atoms with E-state index in [9.17, 15) is 23.1 Å². The molecule has 5 rings (SSSR count). The molecule has 1 aliphatic heterocycles. The van der Waals surface area contributed by atoms with Crippen molar-refractivity contribution in [3.63, 3.8) is 0 Å². The molecule has 4 atom stereocenters. The van der Waals surface area contributed by atoms with Crippen molar-refractivity contribution < 1.29 is 45.4 Å². The van der Waals surface area contributed by atoms with Crippen molar-refractivity contribution in [2.45, 2.75) is 55.0 Å². The lowest BCUT2D eigenvalue weighted by Gasteiger charge is -2.49. The van der Waals surface area contributed by atoms with E-state index in [4.69, 9.17) is 27.9 Å². The Morgan fingerprint density at radius 2 is 1.67 bits per heavy atom. The maximum Gasteiger partial charge on any atom is 0.410 e. The van der Waals surface area contributed by atoms with E-state index in [1.54, 1.807) is 0 Å². The largest absolute Gasteiger partial charge is 0.481 e. The number of alkyl halides is 3. The van der Waals surface area contributed by atoms with E-state index in [0.717, 1.165) is 12.1 Å². The first-order valence-electron chi connectivity index (χ1n) is 13.7. The molecule has 1 N–H and O–H groups in total. The number of benzene rings is 3. The lowest BCUT2D eigenvalue weighted by molar-refractivity contribution is -0.222. The van der Waals surface area contributed by atoms with Crippen LogP contribution in [0.5, 0.6) is 0 Å².